The molecule has 0 saturated heterocycles. The molecule has 0 unspecified atom stereocenters. The van der Waals surface area contributed by atoms with E-state index in [2.05, 4.69) is 35.2 Å². The largest absolute Gasteiger partial charge is 0.152 e. The molecular weight excluding hydrogens is 146 g/mol. The Hall–Kier alpha value is 0.180. The topological polar surface area (TPSA) is 0 Å². The van der Waals surface area contributed by atoms with Crippen LogP contribution in [0.25, 0.3) is 0 Å². The zero-order valence-corrected chi connectivity index (χ0v) is 7.57. The maximum absolute atomic E-state index is 4.31. The molecule has 0 atom stereocenters. The number of hydrogen-bond acceptors (Lipinski definition) is 2. The van der Waals surface area contributed by atoms with Gasteiger partial charge in [0.15, 0.2) is 7.85 Å². The minimum Gasteiger partial charge on any atom is -0.145 e. The Morgan fingerprint density at radius 3 is 2.11 bits per heavy atom. The maximum Gasteiger partial charge on any atom is 0.152 e. The van der Waals surface area contributed by atoms with Crippen LogP contribution in [0.1, 0.15) is 5.56 Å². The molecule has 0 saturated carbocycles. The predicted octanol–water partition coefficient (Wildman–Crippen LogP) is -1.14. The number of thiol groups is 1. The molecule has 0 bridgehead atoms. The van der Waals surface area contributed by atoms with E-state index < -0.39 is 0 Å². The van der Waals surface area contributed by atoms with Crippen molar-refractivity contribution in [2.75, 3.05) is 0 Å². The van der Waals surface area contributed by atoms with Crippen LogP contribution < -0.4 is 10.2 Å². The molecule has 0 aliphatic heterocycles. The fourth-order valence-electron chi connectivity index (χ4n) is 0.723. The fourth-order valence-corrected chi connectivity index (χ4v) is 2.20. The van der Waals surface area contributed by atoms with Crippen molar-refractivity contribution in [1.29, 1.82) is 0 Å². The lowest BCUT2D eigenvalue weighted by Gasteiger charge is -1.88. The summed E-state index contributed by atoms with van der Waals surface area (Å²) in [4.78, 5) is 0. The van der Waals surface area contributed by atoms with Gasteiger partial charge in [-0.1, -0.05) is 11.0 Å². The van der Waals surface area contributed by atoms with Crippen molar-refractivity contribution in [3.63, 3.8) is 0 Å². The van der Waals surface area contributed by atoms with Crippen LogP contribution >= 0.6 is 24.0 Å². The summed E-state index contributed by atoms with van der Waals surface area (Å²) in [5.74, 6) is 0. The number of rotatable bonds is 0. The van der Waals surface area contributed by atoms with E-state index in [1.807, 2.05) is 0 Å². The Morgan fingerprint density at radius 1 is 1.44 bits per heavy atom. The minimum absolute atomic E-state index is 1.16. The second-order valence-corrected chi connectivity index (χ2v) is 4.19. The average molecular weight is 154 g/mol. The second kappa shape index (κ2) is 2.43. The van der Waals surface area contributed by atoms with Crippen LogP contribution in [0.2, 0.25) is 0 Å². The Bertz CT molecular complexity index is 207. The Kier molecular flexibility index (Phi) is 1.97. The third-order valence-electron chi connectivity index (χ3n) is 1.66. The molecule has 9 heavy (non-hydrogen) atoms. The van der Waals surface area contributed by atoms with Crippen molar-refractivity contribution < 1.29 is 0 Å². The molecule has 0 aliphatic rings. The first-order valence-corrected chi connectivity index (χ1v) is 4.15. The van der Waals surface area contributed by atoms with Crippen LogP contribution in [0.3, 0.4) is 0 Å². The van der Waals surface area contributed by atoms with Crippen LogP contribution in [0.15, 0.2) is 4.21 Å². The SMILES string of the molecule is Bc1sc(S)c(B)c1C. The average Bonchev–Trinajstić information content (AvgIpc) is 1.98. The van der Waals surface area contributed by atoms with Crippen LogP contribution in [0.5, 0.6) is 0 Å². The second-order valence-electron chi connectivity index (χ2n) is 2.21. The monoisotopic (exact) mass is 154 g/mol. The molecule has 0 aliphatic carbocycles. The van der Waals surface area contributed by atoms with Gasteiger partial charge in [-0.2, -0.15) is 0 Å². The van der Waals surface area contributed by atoms with E-state index in [1.54, 1.807) is 11.3 Å². The van der Waals surface area contributed by atoms with Gasteiger partial charge >= 0.3 is 0 Å². The van der Waals surface area contributed by atoms with Gasteiger partial charge in [-0.15, -0.1) is 24.0 Å². The van der Waals surface area contributed by atoms with Crippen molar-refractivity contribution >= 4 is 49.9 Å². The summed E-state index contributed by atoms with van der Waals surface area (Å²) < 4.78 is 2.54. The van der Waals surface area contributed by atoms with Crippen molar-refractivity contribution in [2.45, 2.75) is 11.1 Å². The molecule has 46 valence electrons. The zero-order valence-electron chi connectivity index (χ0n) is 5.86. The van der Waals surface area contributed by atoms with Gasteiger partial charge in [0.1, 0.15) is 7.85 Å². The van der Waals surface area contributed by atoms with E-state index in [1.165, 1.54) is 15.8 Å². The maximum atomic E-state index is 4.31. The molecule has 0 fully saturated rings. The highest BCUT2D eigenvalue weighted by Crippen LogP contribution is 2.09. The number of thiophene rings is 1. The van der Waals surface area contributed by atoms with Crippen LogP contribution in [0, 0.1) is 6.92 Å². The Morgan fingerprint density at radius 2 is 2.00 bits per heavy atom. The van der Waals surface area contributed by atoms with Gasteiger partial charge in [-0.3, -0.25) is 0 Å². The zero-order chi connectivity index (χ0) is 7.02. The summed E-state index contributed by atoms with van der Waals surface area (Å²) >= 11 is 6.07. The molecule has 0 nitrogen and oxygen atoms in total. The standard InChI is InChI=1S/C5H8B2S2/c1-2-3(6)5(8)9-4(2)7/h8H,6-7H2,1H3. The third kappa shape index (κ3) is 1.19. The van der Waals surface area contributed by atoms with Gasteiger partial charge in [0.25, 0.3) is 0 Å². The van der Waals surface area contributed by atoms with Crippen molar-refractivity contribution in [3.05, 3.63) is 5.56 Å². The first kappa shape index (κ1) is 7.29. The van der Waals surface area contributed by atoms with E-state index >= 15 is 0 Å². The lowest BCUT2D eigenvalue weighted by Crippen LogP contribution is -2.10. The van der Waals surface area contributed by atoms with E-state index in [0.717, 1.165) is 4.21 Å². The molecule has 1 aromatic rings. The lowest BCUT2D eigenvalue weighted by molar-refractivity contribution is 1.60. The summed E-state index contributed by atoms with van der Waals surface area (Å²) in [7, 11) is 4.24. The Labute approximate surface area is 66.9 Å². The van der Waals surface area contributed by atoms with Crippen LogP contribution in [-0.4, -0.2) is 15.7 Å². The number of hydrogen-bond donors (Lipinski definition) is 1. The van der Waals surface area contributed by atoms with Crippen molar-refractivity contribution in [2.24, 2.45) is 0 Å². The summed E-state index contributed by atoms with van der Waals surface area (Å²) in [6.45, 7) is 2.14. The minimum atomic E-state index is 1.16. The van der Waals surface area contributed by atoms with Crippen LogP contribution in [-0.2, 0) is 0 Å². The highest BCUT2D eigenvalue weighted by Gasteiger charge is 2.02. The van der Waals surface area contributed by atoms with Gasteiger partial charge in [-0.25, -0.2) is 0 Å². The smallest absolute Gasteiger partial charge is 0.145 e. The molecular formula is C5H8B2S2. The normalized spacial score (nSPS) is 10.0. The molecule has 1 aromatic heterocycles. The molecule has 0 radical (unpaired) electrons. The van der Waals surface area contributed by atoms with Gasteiger partial charge in [0, 0.05) is 0 Å². The van der Waals surface area contributed by atoms with Gasteiger partial charge in [-0.05, 0) is 11.7 Å². The predicted molar refractivity (Wildman–Crippen MR) is 52.7 cm³/mol. The van der Waals surface area contributed by atoms with Crippen LogP contribution in [0.4, 0.5) is 0 Å². The molecule has 0 amide bonds. The fraction of sp³-hybridized carbons (Fsp3) is 0.200. The molecule has 0 N–H and O–H groups in total. The van der Waals surface area contributed by atoms with Crippen molar-refractivity contribution in [3.8, 4) is 0 Å². The molecule has 0 spiro atoms. The van der Waals surface area contributed by atoms with Crippen molar-refractivity contribution in [1.82, 2.24) is 0 Å². The van der Waals surface area contributed by atoms with Gasteiger partial charge in [0.05, 0.1) is 4.21 Å². The van der Waals surface area contributed by atoms with E-state index in [0.29, 0.717) is 0 Å². The van der Waals surface area contributed by atoms with E-state index in [-0.39, 0.29) is 0 Å². The first-order chi connectivity index (χ1) is 4.13. The third-order valence-corrected chi connectivity index (χ3v) is 3.38. The lowest BCUT2D eigenvalue weighted by atomic mass is 9.90. The highest BCUT2D eigenvalue weighted by molar-refractivity contribution is 7.83. The summed E-state index contributed by atoms with van der Waals surface area (Å²) in [5.41, 5.74) is 2.73. The first-order valence-electron chi connectivity index (χ1n) is 2.88. The quantitative estimate of drug-likeness (QED) is 0.354. The molecule has 1 heterocycles. The molecule has 0 aromatic carbocycles. The summed E-state index contributed by atoms with van der Waals surface area (Å²) in [6, 6.07) is 0. The highest BCUT2D eigenvalue weighted by atomic mass is 32.2. The molecule has 1 rings (SSSR count). The van der Waals surface area contributed by atoms with E-state index in [4.69, 9.17) is 0 Å². The summed E-state index contributed by atoms with van der Waals surface area (Å²) in [6.07, 6.45) is 0. The molecule has 4 heteroatoms. The Balaban J connectivity index is 3.29. The van der Waals surface area contributed by atoms with Gasteiger partial charge < -0.3 is 0 Å². The van der Waals surface area contributed by atoms with E-state index in [9.17, 15) is 0 Å². The summed E-state index contributed by atoms with van der Waals surface area (Å²) in [5, 5.41) is 0. The van der Waals surface area contributed by atoms with Gasteiger partial charge in [0.2, 0.25) is 0 Å².